The maximum absolute atomic E-state index is 12.8. The monoisotopic (exact) mass is 391 g/mol. The summed E-state index contributed by atoms with van der Waals surface area (Å²) < 4.78 is 38.4. The van der Waals surface area contributed by atoms with E-state index in [9.17, 15) is 18.0 Å². The SMILES string of the molecule is O=C(CSc1nc2ccc(C(F)(F)F)cc2[nH]1)N1CCc2ccccc2C1. The third-order valence-electron chi connectivity index (χ3n) is 4.60. The van der Waals surface area contributed by atoms with Gasteiger partial charge in [0.25, 0.3) is 0 Å². The van der Waals surface area contributed by atoms with Gasteiger partial charge in [-0.2, -0.15) is 13.2 Å². The molecule has 1 aliphatic heterocycles. The molecule has 0 atom stereocenters. The fraction of sp³-hybridized carbons (Fsp3) is 0.263. The molecule has 0 fully saturated rings. The predicted molar refractivity (Wildman–Crippen MR) is 97.4 cm³/mol. The molecular formula is C19H16F3N3OS. The number of aromatic amines is 1. The van der Waals surface area contributed by atoms with Crippen molar-refractivity contribution in [3.8, 4) is 0 Å². The summed E-state index contributed by atoms with van der Waals surface area (Å²) in [6.45, 7) is 1.26. The molecule has 1 amide bonds. The van der Waals surface area contributed by atoms with Gasteiger partial charge in [0.1, 0.15) is 0 Å². The van der Waals surface area contributed by atoms with Crippen molar-refractivity contribution in [2.75, 3.05) is 12.3 Å². The molecule has 1 aliphatic rings. The first kappa shape index (κ1) is 17.9. The summed E-state index contributed by atoms with van der Waals surface area (Å²) in [6.07, 6.45) is -3.56. The number of amides is 1. The van der Waals surface area contributed by atoms with Gasteiger partial charge in [-0.1, -0.05) is 36.0 Å². The number of carbonyl (C=O) groups is 1. The van der Waals surface area contributed by atoms with E-state index in [1.807, 2.05) is 18.2 Å². The highest BCUT2D eigenvalue weighted by atomic mass is 32.2. The van der Waals surface area contributed by atoms with Gasteiger partial charge in [0.2, 0.25) is 5.91 Å². The number of rotatable bonds is 3. The van der Waals surface area contributed by atoms with E-state index in [2.05, 4.69) is 16.0 Å². The standard InChI is InChI=1S/C19H16F3N3OS/c20-19(21,22)14-5-6-15-16(9-14)24-18(23-15)27-11-17(26)25-8-7-12-3-1-2-4-13(12)10-25/h1-6,9H,7-8,10-11H2,(H,23,24). The number of carbonyl (C=O) groups excluding carboxylic acids is 1. The molecule has 1 aromatic heterocycles. The molecular weight excluding hydrogens is 375 g/mol. The number of hydrogen-bond donors (Lipinski definition) is 1. The summed E-state index contributed by atoms with van der Waals surface area (Å²) in [5.74, 6) is 0.180. The number of thioether (sulfide) groups is 1. The number of nitrogens with zero attached hydrogens (tertiary/aromatic N) is 2. The Labute approximate surface area is 157 Å². The van der Waals surface area contributed by atoms with E-state index in [4.69, 9.17) is 0 Å². The molecule has 2 aromatic carbocycles. The number of alkyl halides is 3. The van der Waals surface area contributed by atoms with Crippen molar-refractivity contribution in [2.24, 2.45) is 0 Å². The maximum atomic E-state index is 12.8. The van der Waals surface area contributed by atoms with Crippen molar-refractivity contribution >= 4 is 28.7 Å². The van der Waals surface area contributed by atoms with Crippen molar-refractivity contribution in [3.63, 3.8) is 0 Å². The van der Waals surface area contributed by atoms with Crippen LogP contribution in [0.25, 0.3) is 11.0 Å². The normalized spacial score (nSPS) is 14.4. The van der Waals surface area contributed by atoms with E-state index >= 15 is 0 Å². The average Bonchev–Trinajstić information content (AvgIpc) is 3.07. The summed E-state index contributed by atoms with van der Waals surface area (Å²) >= 11 is 1.20. The lowest BCUT2D eigenvalue weighted by molar-refractivity contribution is -0.137. The van der Waals surface area contributed by atoms with Gasteiger partial charge in [-0.3, -0.25) is 4.79 Å². The number of halogens is 3. The molecule has 4 rings (SSSR count). The van der Waals surface area contributed by atoms with Crippen molar-refractivity contribution in [1.82, 2.24) is 14.9 Å². The van der Waals surface area contributed by atoms with Gasteiger partial charge < -0.3 is 9.88 Å². The first-order chi connectivity index (χ1) is 12.9. The lowest BCUT2D eigenvalue weighted by Gasteiger charge is -2.28. The van der Waals surface area contributed by atoms with Gasteiger partial charge in [-0.25, -0.2) is 4.98 Å². The quantitative estimate of drug-likeness (QED) is 0.679. The maximum Gasteiger partial charge on any atom is 0.416 e. The Kier molecular flexibility index (Phi) is 4.59. The van der Waals surface area contributed by atoms with Crippen LogP contribution in [0.5, 0.6) is 0 Å². The Morgan fingerprint density at radius 3 is 2.74 bits per heavy atom. The van der Waals surface area contributed by atoms with Crippen molar-refractivity contribution < 1.29 is 18.0 Å². The molecule has 0 spiro atoms. The smallest absolute Gasteiger partial charge is 0.337 e. The first-order valence-corrected chi connectivity index (χ1v) is 9.43. The molecule has 3 aromatic rings. The third kappa shape index (κ3) is 3.80. The number of nitrogens with one attached hydrogen (secondary N) is 1. The number of imidazole rings is 1. The van der Waals surface area contributed by atoms with Crippen molar-refractivity contribution in [1.29, 1.82) is 0 Å². The number of aromatic nitrogens is 2. The highest BCUT2D eigenvalue weighted by Crippen LogP contribution is 2.31. The lowest BCUT2D eigenvalue weighted by Crippen LogP contribution is -2.37. The second kappa shape index (κ2) is 6.92. The molecule has 140 valence electrons. The molecule has 4 nitrogen and oxygen atoms in total. The van der Waals surface area contributed by atoms with Gasteiger partial charge >= 0.3 is 6.18 Å². The molecule has 27 heavy (non-hydrogen) atoms. The Balaban J connectivity index is 1.42. The Morgan fingerprint density at radius 1 is 1.19 bits per heavy atom. The minimum atomic E-state index is -4.40. The minimum Gasteiger partial charge on any atom is -0.337 e. The first-order valence-electron chi connectivity index (χ1n) is 8.44. The number of benzene rings is 2. The molecule has 0 saturated carbocycles. The highest BCUT2D eigenvalue weighted by Gasteiger charge is 2.30. The van der Waals surface area contributed by atoms with E-state index in [1.165, 1.54) is 23.4 Å². The van der Waals surface area contributed by atoms with Gasteiger partial charge in [0.05, 0.1) is 22.3 Å². The second-order valence-corrected chi connectivity index (χ2v) is 7.36. The van der Waals surface area contributed by atoms with Crippen LogP contribution in [0.15, 0.2) is 47.6 Å². The summed E-state index contributed by atoms with van der Waals surface area (Å²) in [7, 11) is 0. The van der Waals surface area contributed by atoms with Gasteiger partial charge in [0, 0.05) is 13.1 Å². The van der Waals surface area contributed by atoms with E-state index in [1.54, 1.807) is 4.90 Å². The van der Waals surface area contributed by atoms with E-state index in [0.717, 1.165) is 24.1 Å². The molecule has 2 heterocycles. The fourth-order valence-corrected chi connectivity index (χ4v) is 3.95. The van der Waals surface area contributed by atoms with E-state index in [-0.39, 0.29) is 11.7 Å². The van der Waals surface area contributed by atoms with E-state index < -0.39 is 11.7 Å². The topological polar surface area (TPSA) is 49.0 Å². The molecule has 8 heteroatoms. The summed E-state index contributed by atoms with van der Waals surface area (Å²) in [6, 6.07) is 11.4. The van der Waals surface area contributed by atoms with Crippen LogP contribution in [-0.2, 0) is 23.9 Å². The molecule has 0 saturated heterocycles. The van der Waals surface area contributed by atoms with Crippen molar-refractivity contribution in [3.05, 3.63) is 59.2 Å². The number of hydrogen-bond acceptors (Lipinski definition) is 3. The highest BCUT2D eigenvalue weighted by molar-refractivity contribution is 7.99. The summed E-state index contributed by atoms with van der Waals surface area (Å²) in [5.41, 5.74) is 2.47. The van der Waals surface area contributed by atoms with Crippen LogP contribution in [0.4, 0.5) is 13.2 Å². The largest absolute Gasteiger partial charge is 0.416 e. The van der Waals surface area contributed by atoms with Gasteiger partial charge in [0.15, 0.2) is 5.16 Å². The zero-order valence-electron chi connectivity index (χ0n) is 14.2. The zero-order valence-corrected chi connectivity index (χ0v) is 15.0. The molecule has 0 aliphatic carbocycles. The van der Waals surface area contributed by atoms with E-state index in [0.29, 0.717) is 29.3 Å². The Bertz CT molecular complexity index is 999. The Morgan fingerprint density at radius 2 is 1.96 bits per heavy atom. The predicted octanol–water partition coefficient (Wildman–Crippen LogP) is 4.26. The van der Waals surface area contributed by atoms with Crippen LogP contribution in [-0.4, -0.2) is 33.1 Å². The van der Waals surface area contributed by atoms with Crippen LogP contribution in [0.1, 0.15) is 16.7 Å². The Hall–Kier alpha value is -2.48. The van der Waals surface area contributed by atoms with Crippen LogP contribution < -0.4 is 0 Å². The van der Waals surface area contributed by atoms with Crippen molar-refractivity contribution in [2.45, 2.75) is 24.3 Å². The van der Waals surface area contributed by atoms with Gasteiger partial charge in [-0.05, 0) is 35.7 Å². The second-order valence-electron chi connectivity index (χ2n) is 6.39. The minimum absolute atomic E-state index is 0.00839. The molecule has 0 radical (unpaired) electrons. The average molecular weight is 391 g/mol. The fourth-order valence-electron chi connectivity index (χ4n) is 3.16. The van der Waals surface area contributed by atoms with Crippen LogP contribution in [0.2, 0.25) is 0 Å². The third-order valence-corrected chi connectivity index (χ3v) is 5.46. The van der Waals surface area contributed by atoms with Crippen LogP contribution in [0.3, 0.4) is 0 Å². The van der Waals surface area contributed by atoms with Crippen LogP contribution in [0, 0.1) is 0 Å². The number of H-pyrrole nitrogens is 1. The molecule has 1 N–H and O–H groups in total. The molecule has 0 unspecified atom stereocenters. The number of fused-ring (bicyclic) bond motifs is 2. The molecule has 0 bridgehead atoms. The summed E-state index contributed by atoms with van der Waals surface area (Å²) in [5, 5.41) is 0.440. The zero-order chi connectivity index (χ0) is 19.0. The van der Waals surface area contributed by atoms with Gasteiger partial charge in [-0.15, -0.1) is 0 Å². The van der Waals surface area contributed by atoms with Crippen LogP contribution >= 0.6 is 11.8 Å². The summed E-state index contributed by atoms with van der Waals surface area (Å²) in [4.78, 5) is 21.4. The lowest BCUT2D eigenvalue weighted by atomic mass is 10.00.